The Labute approximate surface area is 112 Å². The summed E-state index contributed by atoms with van der Waals surface area (Å²) in [5.41, 5.74) is 0. The fraction of sp³-hybridized carbons (Fsp3) is 0.692. The van der Waals surface area contributed by atoms with Crippen molar-refractivity contribution < 1.29 is 19.4 Å². The monoisotopic (exact) mass is 268 g/mol. The largest absolute Gasteiger partial charge is 0.480 e. The van der Waals surface area contributed by atoms with Gasteiger partial charge in [0.25, 0.3) is 0 Å². The summed E-state index contributed by atoms with van der Waals surface area (Å²) >= 11 is 0. The van der Waals surface area contributed by atoms with Crippen LogP contribution >= 0.6 is 0 Å². The van der Waals surface area contributed by atoms with Crippen LogP contribution in [-0.4, -0.2) is 53.8 Å². The summed E-state index contributed by atoms with van der Waals surface area (Å²) in [7, 11) is 0. The van der Waals surface area contributed by atoms with E-state index in [-0.39, 0.29) is 31.3 Å². The van der Waals surface area contributed by atoms with Gasteiger partial charge < -0.3 is 20.1 Å². The fourth-order valence-corrected chi connectivity index (χ4v) is 2.44. The Morgan fingerprint density at radius 2 is 2.16 bits per heavy atom. The number of ether oxygens (including phenoxy) is 1. The van der Waals surface area contributed by atoms with E-state index in [1.807, 2.05) is 0 Å². The Balaban J connectivity index is 1.89. The maximum absolute atomic E-state index is 12.1. The molecule has 2 atom stereocenters. The van der Waals surface area contributed by atoms with Gasteiger partial charge in [0.2, 0.25) is 0 Å². The summed E-state index contributed by atoms with van der Waals surface area (Å²) in [6, 6.07) is -0.357. The minimum Gasteiger partial charge on any atom is -0.480 e. The molecule has 0 bridgehead atoms. The molecule has 6 heteroatoms. The minimum atomic E-state index is -1.03. The summed E-state index contributed by atoms with van der Waals surface area (Å²) in [6.45, 7) is 4.10. The Bertz CT molecular complexity index is 368. The molecule has 2 amide bonds. The number of carboxylic acids is 1. The van der Waals surface area contributed by atoms with E-state index in [0.29, 0.717) is 12.5 Å². The molecule has 0 radical (unpaired) electrons. The van der Waals surface area contributed by atoms with E-state index in [9.17, 15) is 9.59 Å². The van der Waals surface area contributed by atoms with Gasteiger partial charge >= 0.3 is 12.0 Å². The highest BCUT2D eigenvalue weighted by molar-refractivity contribution is 5.80. The van der Waals surface area contributed by atoms with Crippen LogP contribution in [0.4, 0.5) is 4.79 Å². The molecule has 0 spiro atoms. The van der Waals surface area contributed by atoms with E-state index in [1.54, 1.807) is 0 Å². The van der Waals surface area contributed by atoms with Gasteiger partial charge in [-0.2, -0.15) is 0 Å². The third kappa shape index (κ3) is 3.70. The molecule has 1 aliphatic carbocycles. The highest BCUT2D eigenvalue weighted by Crippen LogP contribution is 2.38. The number of carbonyl (C=O) groups is 2. The summed E-state index contributed by atoms with van der Waals surface area (Å²) in [5, 5.41) is 11.7. The summed E-state index contributed by atoms with van der Waals surface area (Å²) in [5.74, 6) is -0.474. The van der Waals surface area contributed by atoms with Crippen molar-refractivity contribution >= 4 is 12.0 Å². The van der Waals surface area contributed by atoms with Gasteiger partial charge in [0, 0.05) is 13.2 Å². The number of amides is 2. The molecule has 2 fully saturated rings. The van der Waals surface area contributed by atoms with Crippen LogP contribution in [0.3, 0.4) is 0 Å². The normalized spacial score (nSPS) is 25.9. The van der Waals surface area contributed by atoms with Gasteiger partial charge in [-0.05, 0) is 25.2 Å². The van der Waals surface area contributed by atoms with Crippen LogP contribution in [-0.2, 0) is 9.53 Å². The summed E-state index contributed by atoms with van der Waals surface area (Å²) < 4.78 is 5.64. The average molecular weight is 268 g/mol. The van der Waals surface area contributed by atoms with Gasteiger partial charge in [-0.3, -0.25) is 4.79 Å². The topological polar surface area (TPSA) is 78.9 Å². The van der Waals surface area contributed by atoms with Gasteiger partial charge in [0.1, 0.15) is 6.54 Å². The van der Waals surface area contributed by atoms with Gasteiger partial charge in [-0.1, -0.05) is 6.08 Å². The standard InChI is InChI=1S/C13H20N2O4/c1-2-6-15(8-11(16)17)13(18)14-10-5-7-19-12(10)9-3-4-9/h2,9-10,12H,1,3-8H2,(H,14,18)(H,16,17). The third-order valence-electron chi connectivity index (χ3n) is 3.49. The molecule has 2 unspecified atom stereocenters. The molecule has 1 saturated carbocycles. The van der Waals surface area contributed by atoms with E-state index < -0.39 is 5.97 Å². The third-order valence-corrected chi connectivity index (χ3v) is 3.49. The number of nitrogens with one attached hydrogen (secondary N) is 1. The zero-order chi connectivity index (χ0) is 13.8. The molecular formula is C13H20N2O4. The Morgan fingerprint density at radius 1 is 1.42 bits per heavy atom. The van der Waals surface area contributed by atoms with E-state index in [2.05, 4.69) is 11.9 Å². The first-order valence-corrected chi connectivity index (χ1v) is 6.61. The molecule has 0 aromatic heterocycles. The van der Waals surface area contributed by atoms with Crippen LogP contribution in [0.5, 0.6) is 0 Å². The maximum atomic E-state index is 12.1. The van der Waals surface area contributed by atoms with Crippen molar-refractivity contribution in [3.05, 3.63) is 12.7 Å². The van der Waals surface area contributed by atoms with Crippen LogP contribution < -0.4 is 5.32 Å². The van der Waals surface area contributed by atoms with Crippen molar-refractivity contribution in [3.8, 4) is 0 Å². The maximum Gasteiger partial charge on any atom is 0.323 e. The van der Waals surface area contributed by atoms with Crippen LogP contribution in [0.25, 0.3) is 0 Å². The molecule has 1 saturated heterocycles. The molecule has 106 valence electrons. The minimum absolute atomic E-state index is 0.00103. The van der Waals surface area contributed by atoms with Crippen molar-refractivity contribution in [1.29, 1.82) is 0 Å². The first-order valence-electron chi connectivity index (χ1n) is 6.61. The molecule has 2 rings (SSSR count). The lowest BCUT2D eigenvalue weighted by Gasteiger charge is -2.25. The molecular weight excluding hydrogens is 248 g/mol. The molecule has 6 nitrogen and oxygen atoms in total. The Morgan fingerprint density at radius 3 is 2.74 bits per heavy atom. The zero-order valence-corrected chi connectivity index (χ0v) is 10.9. The molecule has 2 aliphatic rings. The first kappa shape index (κ1) is 13.9. The average Bonchev–Trinajstić information content (AvgIpc) is 3.09. The molecule has 1 heterocycles. The van der Waals surface area contributed by atoms with Crippen molar-refractivity contribution in [2.75, 3.05) is 19.7 Å². The second kappa shape index (κ2) is 6.06. The Kier molecular flexibility index (Phi) is 4.42. The second-order valence-electron chi connectivity index (χ2n) is 5.08. The lowest BCUT2D eigenvalue weighted by molar-refractivity contribution is -0.137. The van der Waals surface area contributed by atoms with Gasteiger partial charge in [0.05, 0.1) is 12.1 Å². The van der Waals surface area contributed by atoms with Crippen molar-refractivity contribution in [2.24, 2.45) is 5.92 Å². The highest BCUT2D eigenvalue weighted by Gasteiger charge is 2.41. The van der Waals surface area contributed by atoms with E-state index >= 15 is 0 Å². The molecule has 1 aliphatic heterocycles. The van der Waals surface area contributed by atoms with Crippen LogP contribution in [0.2, 0.25) is 0 Å². The number of urea groups is 1. The number of hydrogen-bond donors (Lipinski definition) is 2. The summed E-state index contributed by atoms with van der Waals surface area (Å²) in [6.07, 6.45) is 4.72. The van der Waals surface area contributed by atoms with Crippen molar-refractivity contribution in [2.45, 2.75) is 31.4 Å². The fourth-order valence-electron chi connectivity index (χ4n) is 2.44. The van der Waals surface area contributed by atoms with Crippen LogP contribution in [0, 0.1) is 5.92 Å². The quantitative estimate of drug-likeness (QED) is 0.700. The number of carboxylic acid groups (broad SMARTS) is 1. The van der Waals surface area contributed by atoms with Gasteiger partial charge in [-0.25, -0.2) is 4.79 Å². The van der Waals surface area contributed by atoms with E-state index in [4.69, 9.17) is 9.84 Å². The van der Waals surface area contributed by atoms with E-state index in [1.165, 1.54) is 11.0 Å². The number of nitrogens with zero attached hydrogens (tertiary/aromatic N) is 1. The predicted molar refractivity (Wildman–Crippen MR) is 68.8 cm³/mol. The molecule has 19 heavy (non-hydrogen) atoms. The zero-order valence-electron chi connectivity index (χ0n) is 10.9. The lowest BCUT2D eigenvalue weighted by atomic mass is 10.1. The van der Waals surface area contributed by atoms with Crippen LogP contribution in [0.15, 0.2) is 12.7 Å². The SMILES string of the molecule is C=CCN(CC(=O)O)C(=O)NC1CCOC1C1CC1. The van der Waals surface area contributed by atoms with Gasteiger partial charge in [0.15, 0.2) is 0 Å². The number of carbonyl (C=O) groups excluding carboxylic acids is 1. The van der Waals surface area contributed by atoms with Crippen LogP contribution in [0.1, 0.15) is 19.3 Å². The summed E-state index contributed by atoms with van der Waals surface area (Å²) in [4.78, 5) is 24.0. The highest BCUT2D eigenvalue weighted by atomic mass is 16.5. The van der Waals surface area contributed by atoms with Crippen molar-refractivity contribution in [1.82, 2.24) is 10.2 Å². The smallest absolute Gasteiger partial charge is 0.323 e. The Hall–Kier alpha value is -1.56. The van der Waals surface area contributed by atoms with Crippen molar-refractivity contribution in [3.63, 3.8) is 0 Å². The number of hydrogen-bond acceptors (Lipinski definition) is 3. The second-order valence-corrected chi connectivity index (χ2v) is 5.08. The number of aliphatic carboxylic acids is 1. The predicted octanol–water partition coefficient (Wildman–Crippen LogP) is 0.836. The molecule has 2 N–H and O–H groups in total. The van der Waals surface area contributed by atoms with Gasteiger partial charge in [-0.15, -0.1) is 6.58 Å². The number of rotatable bonds is 6. The molecule has 0 aromatic carbocycles. The lowest BCUT2D eigenvalue weighted by Crippen LogP contribution is -2.49. The first-order chi connectivity index (χ1) is 9.11. The molecule has 0 aromatic rings. The van der Waals surface area contributed by atoms with E-state index in [0.717, 1.165) is 19.3 Å².